The lowest BCUT2D eigenvalue weighted by Crippen LogP contribution is -2.16. The molecule has 0 bridgehead atoms. The van der Waals surface area contributed by atoms with E-state index in [0.29, 0.717) is 6.04 Å². The van der Waals surface area contributed by atoms with Crippen LogP contribution in [0, 0.1) is 0 Å². The second-order valence-corrected chi connectivity index (χ2v) is 4.02. The molecule has 1 atom stereocenters. The number of fused-ring (bicyclic) bond motifs is 1. The third kappa shape index (κ3) is 1.33. The molecule has 0 saturated carbocycles. The van der Waals surface area contributed by atoms with Gasteiger partial charge in [0, 0.05) is 13.2 Å². The summed E-state index contributed by atoms with van der Waals surface area (Å²) in [7, 11) is 2.04. The minimum Gasteiger partial charge on any atom is -0.315 e. The highest BCUT2D eigenvalue weighted by molar-refractivity contribution is 5.71. The zero-order chi connectivity index (χ0) is 10.3. The van der Waals surface area contributed by atoms with E-state index in [2.05, 4.69) is 19.9 Å². The van der Waals surface area contributed by atoms with Crippen LogP contribution in [0.15, 0.2) is 18.3 Å². The summed E-state index contributed by atoms with van der Waals surface area (Å²) in [5.74, 6) is 1.11. The Morgan fingerprint density at radius 2 is 2.47 bits per heavy atom. The molecule has 3 heterocycles. The topological polar surface area (TPSA) is 42.7 Å². The highest BCUT2D eigenvalue weighted by Crippen LogP contribution is 2.24. The molecule has 0 radical (unpaired) electrons. The van der Waals surface area contributed by atoms with Crippen LogP contribution in [0.5, 0.6) is 0 Å². The van der Waals surface area contributed by atoms with E-state index in [1.54, 1.807) is 0 Å². The second-order valence-electron chi connectivity index (χ2n) is 4.02. The van der Waals surface area contributed by atoms with Gasteiger partial charge in [0.1, 0.15) is 11.3 Å². The maximum Gasteiger partial charge on any atom is 0.159 e. The molecule has 2 aromatic rings. The Morgan fingerprint density at radius 1 is 1.53 bits per heavy atom. The molecule has 2 aromatic heterocycles. The van der Waals surface area contributed by atoms with Gasteiger partial charge in [-0.2, -0.15) is 0 Å². The van der Waals surface area contributed by atoms with E-state index in [-0.39, 0.29) is 0 Å². The van der Waals surface area contributed by atoms with E-state index < -0.39 is 0 Å². The summed E-state index contributed by atoms with van der Waals surface area (Å²) >= 11 is 0. The average molecular weight is 202 g/mol. The fraction of sp³-hybridized carbons (Fsp3) is 0.455. The Morgan fingerprint density at radius 3 is 3.20 bits per heavy atom. The maximum absolute atomic E-state index is 4.63. The molecular weight excluding hydrogens is 188 g/mol. The van der Waals surface area contributed by atoms with Crippen molar-refractivity contribution in [1.29, 1.82) is 0 Å². The molecule has 1 N–H and O–H groups in total. The summed E-state index contributed by atoms with van der Waals surface area (Å²) < 4.78 is 2.10. The molecule has 0 aliphatic carbocycles. The Balaban J connectivity index is 2.14. The standard InChI is InChI=1S/C11H14N4/c1-15-10-9(5-3-7-13-10)14-11(15)8-4-2-6-12-8/h3,5,7-8,12H,2,4,6H2,1H3. The van der Waals surface area contributed by atoms with E-state index in [4.69, 9.17) is 0 Å². The zero-order valence-electron chi connectivity index (χ0n) is 8.77. The fourth-order valence-electron chi connectivity index (χ4n) is 2.26. The largest absolute Gasteiger partial charge is 0.315 e. The second kappa shape index (κ2) is 3.31. The summed E-state index contributed by atoms with van der Waals surface area (Å²) in [6, 6.07) is 4.35. The van der Waals surface area contributed by atoms with Crippen molar-refractivity contribution in [2.45, 2.75) is 18.9 Å². The van der Waals surface area contributed by atoms with Crippen LogP contribution < -0.4 is 5.32 Å². The molecule has 1 aliphatic heterocycles. The van der Waals surface area contributed by atoms with Crippen LogP contribution in [0.4, 0.5) is 0 Å². The molecule has 4 heteroatoms. The van der Waals surface area contributed by atoms with E-state index in [1.165, 1.54) is 12.8 Å². The number of aromatic nitrogens is 3. The molecule has 3 rings (SSSR count). The summed E-state index contributed by atoms with van der Waals surface area (Å²) in [5.41, 5.74) is 1.96. The highest BCUT2D eigenvalue weighted by atomic mass is 15.1. The van der Waals surface area contributed by atoms with Crippen LogP contribution in [0.25, 0.3) is 11.2 Å². The van der Waals surface area contributed by atoms with E-state index in [1.807, 2.05) is 25.4 Å². The average Bonchev–Trinajstić information content (AvgIpc) is 2.87. The van der Waals surface area contributed by atoms with E-state index in [9.17, 15) is 0 Å². The normalized spacial score (nSPS) is 21.3. The van der Waals surface area contributed by atoms with Crippen molar-refractivity contribution in [1.82, 2.24) is 19.9 Å². The number of rotatable bonds is 1. The van der Waals surface area contributed by atoms with Crippen LogP contribution >= 0.6 is 0 Å². The molecule has 1 unspecified atom stereocenters. The molecule has 1 fully saturated rings. The molecule has 78 valence electrons. The molecular formula is C11H14N4. The molecule has 0 aromatic carbocycles. The summed E-state index contributed by atoms with van der Waals surface area (Å²) in [6.07, 6.45) is 4.23. The first-order chi connectivity index (χ1) is 7.36. The molecule has 0 spiro atoms. The van der Waals surface area contributed by atoms with Crippen LogP contribution in [0.3, 0.4) is 0 Å². The SMILES string of the molecule is Cn1c(C2CCCN2)nc2cccnc21. The molecule has 0 amide bonds. The first-order valence-corrected chi connectivity index (χ1v) is 5.37. The van der Waals surface area contributed by atoms with Gasteiger partial charge in [-0.25, -0.2) is 9.97 Å². The van der Waals surface area contributed by atoms with Gasteiger partial charge in [0.25, 0.3) is 0 Å². The molecule has 4 nitrogen and oxygen atoms in total. The van der Waals surface area contributed by atoms with Gasteiger partial charge < -0.3 is 9.88 Å². The van der Waals surface area contributed by atoms with Crippen LogP contribution in [0.1, 0.15) is 24.7 Å². The number of aryl methyl sites for hydroxylation is 1. The lowest BCUT2D eigenvalue weighted by atomic mass is 10.2. The van der Waals surface area contributed by atoms with Crippen molar-refractivity contribution in [3.63, 3.8) is 0 Å². The van der Waals surface area contributed by atoms with Crippen LogP contribution in [0.2, 0.25) is 0 Å². The molecule has 15 heavy (non-hydrogen) atoms. The number of nitrogens with zero attached hydrogens (tertiary/aromatic N) is 3. The summed E-state index contributed by atoms with van der Waals surface area (Å²) in [4.78, 5) is 8.98. The van der Waals surface area contributed by atoms with Gasteiger partial charge in [-0.1, -0.05) is 0 Å². The lowest BCUT2D eigenvalue weighted by molar-refractivity contribution is 0.583. The smallest absolute Gasteiger partial charge is 0.159 e. The predicted molar refractivity (Wildman–Crippen MR) is 58.5 cm³/mol. The monoisotopic (exact) mass is 202 g/mol. The Kier molecular flexibility index (Phi) is 1.95. The van der Waals surface area contributed by atoms with Crippen LogP contribution in [-0.4, -0.2) is 21.1 Å². The Hall–Kier alpha value is -1.42. The van der Waals surface area contributed by atoms with Crippen molar-refractivity contribution >= 4 is 11.2 Å². The number of imidazole rings is 1. The molecule has 1 aliphatic rings. The van der Waals surface area contributed by atoms with Gasteiger partial charge in [0.15, 0.2) is 5.65 Å². The number of hydrogen-bond acceptors (Lipinski definition) is 3. The summed E-state index contributed by atoms with van der Waals surface area (Å²) in [5, 5.41) is 3.46. The third-order valence-electron chi connectivity index (χ3n) is 3.03. The predicted octanol–water partition coefficient (Wildman–Crippen LogP) is 1.39. The van der Waals surface area contributed by atoms with Gasteiger partial charge in [-0.3, -0.25) is 0 Å². The van der Waals surface area contributed by atoms with Crippen molar-refractivity contribution in [3.05, 3.63) is 24.2 Å². The van der Waals surface area contributed by atoms with Crippen molar-refractivity contribution in [3.8, 4) is 0 Å². The highest BCUT2D eigenvalue weighted by Gasteiger charge is 2.21. The van der Waals surface area contributed by atoms with Crippen molar-refractivity contribution in [2.75, 3.05) is 6.54 Å². The van der Waals surface area contributed by atoms with E-state index in [0.717, 1.165) is 23.5 Å². The van der Waals surface area contributed by atoms with Crippen molar-refractivity contribution < 1.29 is 0 Å². The zero-order valence-corrected chi connectivity index (χ0v) is 8.77. The molecule has 1 saturated heterocycles. The number of pyridine rings is 1. The number of nitrogens with one attached hydrogen (secondary N) is 1. The van der Waals surface area contributed by atoms with Gasteiger partial charge >= 0.3 is 0 Å². The minimum atomic E-state index is 0.407. The Labute approximate surface area is 88.3 Å². The first kappa shape index (κ1) is 8.85. The minimum absolute atomic E-state index is 0.407. The lowest BCUT2D eigenvalue weighted by Gasteiger charge is -2.09. The van der Waals surface area contributed by atoms with Gasteiger partial charge in [-0.05, 0) is 31.5 Å². The maximum atomic E-state index is 4.63. The first-order valence-electron chi connectivity index (χ1n) is 5.37. The fourth-order valence-corrected chi connectivity index (χ4v) is 2.26. The van der Waals surface area contributed by atoms with Crippen molar-refractivity contribution in [2.24, 2.45) is 7.05 Å². The number of hydrogen-bond donors (Lipinski definition) is 1. The van der Waals surface area contributed by atoms with Gasteiger partial charge in [0.05, 0.1) is 6.04 Å². The summed E-state index contributed by atoms with van der Waals surface area (Å²) in [6.45, 7) is 1.10. The Bertz CT molecular complexity index is 482. The van der Waals surface area contributed by atoms with Gasteiger partial charge in [0.2, 0.25) is 0 Å². The van der Waals surface area contributed by atoms with E-state index >= 15 is 0 Å². The van der Waals surface area contributed by atoms with Crippen LogP contribution in [-0.2, 0) is 7.05 Å². The van der Waals surface area contributed by atoms with Gasteiger partial charge in [-0.15, -0.1) is 0 Å². The third-order valence-corrected chi connectivity index (χ3v) is 3.03. The quantitative estimate of drug-likeness (QED) is 0.760.